The SMILES string of the molecule is CCCN1C(=O)/C(=C/c2ccccc2)N=C1/C=C/c1ccccc1. The molecule has 24 heavy (non-hydrogen) atoms. The van der Waals surface area contributed by atoms with Crippen molar-refractivity contribution in [3.05, 3.63) is 83.6 Å². The van der Waals surface area contributed by atoms with Gasteiger partial charge in [0.25, 0.3) is 5.91 Å². The summed E-state index contributed by atoms with van der Waals surface area (Å²) in [7, 11) is 0. The van der Waals surface area contributed by atoms with Gasteiger partial charge in [-0.3, -0.25) is 9.69 Å². The summed E-state index contributed by atoms with van der Waals surface area (Å²) in [5.41, 5.74) is 2.56. The zero-order valence-corrected chi connectivity index (χ0v) is 13.7. The van der Waals surface area contributed by atoms with Gasteiger partial charge in [0.15, 0.2) is 0 Å². The molecular weight excluding hydrogens is 296 g/mol. The Hall–Kier alpha value is -2.94. The standard InChI is InChI=1S/C21H20N2O/c1-2-15-23-20(14-13-17-9-5-3-6-10-17)22-19(21(23)24)16-18-11-7-4-8-12-18/h3-14,16H,2,15H2,1H3/b14-13+,19-16-. The topological polar surface area (TPSA) is 32.7 Å². The highest BCUT2D eigenvalue weighted by Crippen LogP contribution is 2.19. The van der Waals surface area contributed by atoms with Gasteiger partial charge in [-0.15, -0.1) is 0 Å². The van der Waals surface area contributed by atoms with Crippen LogP contribution in [-0.2, 0) is 4.79 Å². The second-order valence-electron chi connectivity index (χ2n) is 5.61. The Bertz CT molecular complexity index is 789. The Morgan fingerprint density at radius 3 is 2.17 bits per heavy atom. The summed E-state index contributed by atoms with van der Waals surface area (Å²) in [5, 5.41) is 0. The lowest BCUT2D eigenvalue weighted by Crippen LogP contribution is -2.31. The largest absolute Gasteiger partial charge is 0.291 e. The van der Waals surface area contributed by atoms with E-state index < -0.39 is 0 Å². The summed E-state index contributed by atoms with van der Waals surface area (Å²) in [6.45, 7) is 2.73. The van der Waals surface area contributed by atoms with Crippen LogP contribution >= 0.6 is 0 Å². The van der Waals surface area contributed by atoms with E-state index in [9.17, 15) is 4.79 Å². The van der Waals surface area contributed by atoms with Gasteiger partial charge in [-0.2, -0.15) is 0 Å². The number of carbonyl (C=O) groups is 1. The second-order valence-corrected chi connectivity index (χ2v) is 5.61. The monoisotopic (exact) mass is 316 g/mol. The van der Waals surface area contributed by atoms with E-state index in [1.807, 2.05) is 78.9 Å². The van der Waals surface area contributed by atoms with E-state index in [1.54, 1.807) is 4.90 Å². The Balaban J connectivity index is 1.89. The molecule has 3 nitrogen and oxygen atoms in total. The van der Waals surface area contributed by atoms with Crippen LogP contribution in [0.1, 0.15) is 24.5 Å². The van der Waals surface area contributed by atoms with Crippen LogP contribution in [0, 0.1) is 0 Å². The van der Waals surface area contributed by atoms with Crippen molar-refractivity contribution in [2.24, 2.45) is 4.99 Å². The van der Waals surface area contributed by atoms with Gasteiger partial charge >= 0.3 is 0 Å². The van der Waals surface area contributed by atoms with E-state index in [0.29, 0.717) is 18.1 Å². The summed E-state index contributed by atoms with van der Waals surface area (Å²) < 4.78 is 0. The van der Waals surface area contributed by atoms with Crippen molar-refractivity contribution in [1.29, 1.82) is 0 Å². The highest BCUT2D eigenvalue weighted by molar-refractivity contribution is 6.18. The van der Waals surface area contributed by atoms with E-state index in [0.717, 1.165) is 17.5 Å². The maximum absolute atomic E-state index is 12.6. The van der Waals surface area contributed by atoms with Crippen molar-refractivity contribution < 1.29 is 4.79 Å². The molecule has 2 aromatic carbocycles. The Labute approximate surface area is 142 Å². The highest BCUT2D eigenvalue weighted by atomic mass is 16.2. The first-order valence-electron chi connectivity index (χ1n) is 8.18. The molecule has 0 aromatic heterocycles. The summed E-state index contributed by atoms with van der Waals surface area (Å²) >= 11 is 0. The summed E-state index contributed by atoms with van der Waals surface area (Å²) in [5.74, 6) is 0.668. The van der Waals surface area contributed by atoms with Crippen molar-refractivity contribution in [2.45, 2.75) is 13.3 Å². The average molecular weight is 316 g/mol. The number of aliphatic imine (C=N–C) groups is 1. The number of amides is 1. The molecule has 0 saturated heterocycles. The normalized spacial score (nSPS) is 16.2. The third-order valence-electron chi connectivity index (χ3n) is 3.75. The quantitative estimate of drug-likeness (QED) is 0.753. The Kier molecular flexibility index (Phi) is 5.02. The van der Waals surface area contributed by atoms with Crippen molar-refractivity contribution in [3.63, 3.8) is 0 Å². The molecule has 3 heteroatoms. The smallest absolute Gasteiger partial charge is 0.278 e. The molecule has 0 saturated carbocycles. The van der Waals surface area contributed by atoms with Crippen LogP contribution in [0.5, 0.6) is 0 Å². The molecule has 2 aromatic rings. The number of hydrogen-bond acceptors (Lipinski definition) is 2. The summed E-state index contributed by atoms with van der Waals surface area (Å²) in [6.07, 6.45) is 6.63. The fraction of sp³-hybridized carbons (Fsp3) is 0.143. The number of carbonyl (C=O) groups excluding carboxylic acids is 1. The first kappa shape index (κ1) is 15.9. The zero-order chi connectivity index (χ0) is 16.8. The molecule has 1 aliphatic rings. The fourth-order valence-corrected chi connectivity index (χ4v) is 2.58. The van der Waals surface area contributed by atoms with Crippen LogP contribution in [0.2, 0.25) is 0 Å². The van der Waals surface area contributed by atoms with E-state index in [-0.39, 0.29) is 5.91 Å². The second kappa shape index (κ2) is 7.55. The lowest BCUT2D eigenvalue weighted by atomic mass is 10.2. The van der Waals surface area contributed by atoms with Crippen molar-refractivity contribution >= 4 is 23.9 Å². The molecule has 0 bridgehead atoms. The van der Waals surface area contributed by atoms with Gasteiger partial charge in [0, 0.05) is 6.54 Å². The molecule has 1 amide bonds. The number of rotatable bonds is 5. The van der Waals surface area contributed by atoms with Crippen molar-refractivity contribution in [3.8, 4) is 0 Å². The fourth-order valence-electron chi connectivity index (χ4n) is 2.58. The first-order valence-corrected chi connectivity index (χ1v) is 8.18. The van der Waals surface area contributed by atoms with Crippen LogP contribution in [0.3, 0.4) is 0 Å². The highest BCUT2D eigenvalue weighted by Gasteiger charge is 2.27. The van der Waals surface area contributed by atoms with E-state index in [2.05, 4.69) is 11.9 Å². The van der Waals surface area contributed by atoms with Gasteiger partial charge in [-0.25, -0.2) is 4.99 Å². The minimum atomic E-state index is -0.0339. The Morgan fingerprint density at radius 1 is 0.917 bits per heavy atom. The van der Waals surface area contributed by atoms with Gasteiger partial charge in [0.05, 0.1) is 0 Å². The molecule has 0 fully saturated rings. The number of benzene rings is 2. The van der Waals surface area contributed by atoms with Crippen LogP contribution < -0.4 is 0 Å². The summed E-state index contributed by atoms with van der Waals surface area (Å²) in [4.78, 5) is 18.9. The molecule has 0 N–H and O–H groups in total. The maximum atomic E-state index is 12.6. The van der Waals surface area contributed by atoms with Crippen LogP contribution in [0.4, 0.5) is 0 Å². The molecule has 3 rings (SSSR count). The first-order chi connectivity index (χ1) is 11.8. The van der Waals surface area contributed by atoms with Crippen LogP contribution in [0.15, 0.2) is 77.4 Å². The van der Waals surface area contributed by atoms with E-state index in [1.165, 1.54) is 0 Å². The van der Waals surface area contributed by atoms with Crippen LogP contribution in [-0.4, -0.2) is 23.2 Å². The minimum Gasteiger partial charge on any atom is -0.291 e. The molecule has 0 spiro atoms. The Morgan fingerprint density at radius 2 is 1.54 bits per heavy atom. The molecule has 0 atom stereocenters. The van der Waals surface area contributed by atoms with Gasteiger partial charge in [0.1, 0.15) is 11.5 Å². The minimum absolute atomic E-state index is 0.0339. The van der Waals surface area contributed by atoms with Gasteiger partial charge < -0.3 is 0 Å². The zero-order valence-electron chi connectivity index (χ0n) is 13.7. The molecule has 120 valence electrons. The molecule has 1 aliphatic heterocycles. The molecule has 0 unspecified atom stereocenters. The third-order valence-corrected chi connectivity index (χ3v) is 3.75. The molecule has 0 aliphatic carbocycles. The van der Waals surface area contributed by atoms with E-state index >= 15 is 0 Å². The predicted molar refractivity (Wildman–Crippen MR) is 99.3 cm³/mol. The third kappa shape index (κ3) is 3.69. The van der Waals surface area contributed by atoms with Crippen LogP contribution in [0.25, 0.3) is 12.2 Å². The maximum Gasteiger partial charge on any atom is 0.278 e. The van der Waals surface area contributed by atoms with Gasteiger partial charge in [0.2, 0.25) is 0 Å². The van der Waals surface area contributed by atoms with Gasteiger partial charge in [-0.1, -0.05) is 73.7 Å². The lowest BCUT2D eigenvalue weighted by Gasteiger charge is -2.14. The van der Waals surface area contributed by atoms with E-state index in [4.69, 9.17) is 0 Å². The number of nitrogens with zero attached hydrogens (tertiary/aromatic N) is 2. The van der Waals surface area contributed by atoms with Gasteiger partial charge in [-0.05, 0) is 29.7 Å². The molecule has 1 heterocycles. The number of amidine groups is 1. The molecule has 0 radical (unpaired) electrons. The summed E-state index contributed by atoms with van der Waals surface area (Å²) in [6, 6.07) is 19.8. The average Bonchev–Trinajstić information content (AvgIpc) is 2.91. The predicted octanol–water partition coefficient (Wildman–Crippen LogP) is 4.39. The number of hydrogen-bond donors (Lipinski definition) is 0. The van der Waals surface area contributed by atoms with Crippen molar-refractivity contribution in [2.75, 3.05) is 6.54 Å². The molecular formula is C21H20N2O. The van der Waals surface area contributed by atoms with Crippen molar-refractivity contribution in [1.82, 2.24) is 4.90 Å². The lowest BCUT2D eigenvalue weighted by molar-refractivity contribution is -0.122.